The molecule has 0 aromatic heterocycles. The Bertz CT molecular complexity index is 217. The molecule has 0 saturated carbocycles. The molecule has 12 heavy (non-hydrogen) atoms. The van der Waals surface area contributed by atoms with Crippen molar-refractivity contribution < 1.29 is 41.5 Å². The van der Waals surface area contributed by atoms with Crippen LogP contribution in [0, 0.1) is 0 Å². The zero-order valence-corrected chi connectivity index (χ0v) is 9.79. The van der Waals surface area contributed by atoms with Crippen LogP contribution in [0.2, 0.25) is 0 Å². The summed E-state index contributed by atoms with van der Waals surface area (Å²) < 4.78 is 22.5. The maximum atomic E-state index is 9.77. The number of nitrogens with zero attached hydrogens (tertiary/aromatic N) is 2. The largest absolute Gasteiger partial charge is 0.754 e. The number of hydrogen-bond donors (Lipinski definition) is 2. The number of nitrogens with two attached hydrogens (primary N) is 1. The van der Waals surface area contributed by atoms with Gasteiger partial charge in [-0.2, -0.15) is 5.10 Å². The Kier molecular flexibility index (Phi) is 10.8. The maximum Gasteiger partial charge on any atom is 0.109 e. The normalized spacial score (nSPS) is 12.8. The monoisotopic (exact) mass is 264 g/mol. The van der Waals surface area contributed by atoms with Crippen molar-refractivity contribution in [1.29, 1.82) is 0 Å². The van der Waals surface area contributed by atoms with E-state index in [0.717, 1.165) is 12.4 Å². The third-order valence-corrected chi connectivity index (χ3v) is 0.790. The van der Waals surface area contributed by atoms with E-state index in [1.807, 2.05) is 0 Å². The van der Waals surface area contributed by atoms with Gasteiger partial charge in [-0.15, -0.1) is 0 Å². The van der Waals surface area contributed by atoms with Gasteiger partial charge in [-0.25, -0.2) is 4.40 Å². The molecule has 0 spiro atoms. The molecule has 0 saturated heterocycles. The van der Waals surface area contributed by atoms with Crippen molar-refractivity contribution in [2.24, 2.45) is 15.2 Å². The van der Waals surface area contributed by atoms with Crippen LogP contribution in [-0.4, -0.2) is 21.2 Å². The Hall–Kier alpha value is -0.106. The first kappa shape index (κ1) is 14.4. The average Bonchev–Trinajstić information content (AvgIpc) is 1.85. The van der Waals surface area contributed by atoms with Gasteiger partial charge in [0.1, 0.15) is 5.82 Å². The van der Waals surface area contributed by atoms with Crippen molar-refractivity contribution in [1.82, 2.24) is 5.43 Å². The minimum absolute atomic E-state index is 0. The summed E-state index contributed by atoms with van der Waals surface area (Å²) in [6.07, 6.45) is 2.13. The molecule has 1 unspecified atom stereocenters. The molecule has 0 rings (SSSR count). The van der Waals surface area contributed by atoms with Crippen molar-refractivity contribution in [3.8, 4) is 0 Å². The quantitative estimate of drug-likeness (QED) is 0.380. The molecule has 1 radical (unpaired) electrons. The summed E-state index contributed by atoms with van der Waals surface area (Å²) in [5.41, 5.74) is 7.33. The van der Waals surface area contributed by atoms with Crippen LogP contribution in [0.3, 0.4) is 0 Å². The first-order valence-corrected chi connectivity index (χ1v) is 3.51. The molecule has 0 amide bonds. The van der Waals surface area contributed by atoms with Crippen LogP contribution in [0.1, 0.15) is 0 Å². The fourth-order valence-corrected chi connectivity index (χ4v) is 0.384. The van der Waals surface area contributed by atoms with Crippen LogP contribution in [0.25, 0.3) is 0 Å². The molecular weight excluding hydrogens is 257 g/mol. The van der Waals surface area contributed by atoms with Crippen LogP contribution in [0.5, 0.6) is 0 Å². The Morgan fingerprint density at radius 1 is 1.67 bits per heavy atom. The van der Waals surface area contributed by atoms with Crippen molar-refractivity contribution in [3.05, 3.63) is 12.4 Å². The molecule has 0 heterocycles. The molecule has 0 fully saturated rings. The van der Waals surface area contributed by atoms with Gasteiger partial charge >= 0.3 is 0 Å². The summed E-state index contributed by atoms with van der Waals surface area (Å²) in [5, 5.41) is 3.42. The molecule has 0 aliphatic rings. The Morgan fingerprint density at radius 2 is 2.25 bits per heavy atom. The fraction of sp³-hybridized carbons (Fsp3) is 0. The van der Waals surface area contributed by atoms with Crippen molar-refractivity contribution >= 4 is 23.7 Å². The van der Waals surface area contributed by atoms with E-state index in [4.69, 9.17) is 5.73 Å². The molecule has 65 valence electrons. The summed E-state index contributed by atoms with van der Waals surface area (Å²) in [6.45, 7) is 3.27. The van der Waals surface area contributed by atoms with E-state index in [1.165, 1.54) is 0 Å². The summed E-state index contributed by atoms with van der Waals surface area (Å²) in [4.78, 5) is 0. The number of rotatable bonds is 4. The molecule has 0 aliphatic carbocycles. The second-order valence-corrected chi connectivity index (χ2v) is 2.03. The third kappa shape index (κ3) is 12.6. The summed E-state index contributed by atoms with van der Waals surface area (Å²) in [5.74, 6) is 0.165. The Morgan fingerprint density at radius 3 is 2.67 bits per heavy atom. The number of hydrazone groups is 1. The summed E-state index contributed by atoms with van der Waals surface area (Å²) >= 11 is -2.43. The second kappa shape index (κ2) is 8.99. The Balaban J connectivity index is 0. The first-order chi connectivity index (χ1) is 5.13. The maximum absolute atomic E-state index is 9.77. The van der Waals surface area contributed by atoms with Crippen LogP contribution in [-0.2, 0) is 44.0 Å². The van der Waals surface area contributed by atoms with Crippen molar-refractivity contribution in [2.75, 3.05) is 0 Å². The van der Waals surface area contributed by atoms with Crippen molar-refractivity contribution in [3.63, 3.8) is 0 Å². The molecule has 3 N–H and O–H groups in total. The predicted octanol–water partition coefficient (Wildman–Crippen LogP) is -1.15. The van der Waals surface area contributed by atoms with Gasteiger partial charge in [0, 0.05) is 32.7 Å². The van der Waals surface area contributed by atoms with E-state index in [2.05, 4.69) is 21.5 Å². The van der Waals surface area contributed by atoms with Crippen molar-refractivity contribution in [2.45, 2.75) is 0 Å². The zero-order valence-electron chi connectivity index (χ0n) is 6.14. The molecule has 0 bridgehead atoms. The van der Waals surface area contributed by atoms with Crippen LogP contribution in [0.15, 0.2) is 21.9 Å². The van der Waals surface area contributed by atoms with Gasteiger partial charge in [-0.3, -0.25) is 9.63 Å². The molecule has 0 aromatic carbocycles. The molecule has 0 aliphatic heterocycles. The van der Waals surface area contributed by atoms with E-state index in [9.17, 15) is 8.76 Å². The molecule has 6 nitrogen and oxygen atoms in total. The number of hydrogen-bond acceptors (Lipinski definition) is 5. The van der Waals surface area contributed by atoms with Gasteiger partial charge in [-0.05, 0) is 0 Å². The fourth-order valence-electron chi connectivity index (χ4n) is 0.230. The SMILES string of the molecule is C=C(N)N/N=C/C=N\S(=O)[O-].[Y]. The summed E-state index contributed by atoms with van der Waals surface area (Å²) in [6, 6.07) is 0. The van der Waals surface area contributed by atoms with E-state index < -0.39 is 11.3 Å². The molecule has 0 aromatic rings. The first-order valence-electron chi connectivity index (χ1n) is 2.48. The van der Waals surface area contributed by atoms with E-state index in [1.54, 1.807) is 0 Å². The molecule has 1 atom stereocenters. The van der Waals surface area contributed by atoms with Gasteiger partial charge in [0.25, 0.3) is 0 Å². The van der Waals surface area contributed by atoms with Gasteiger partial charge in [0.2, 0.25) is 0 Å². The minimum Gasteiger partial charge on any atom is -0.754 e. The average molecular weight is 264 g/mol. The molecular formula is C4H7N4O2SY-. The van der Waals surface area contributed by atoms with Crippen LogP contribution < -0.4 is 11.2 Å². The van der Waals surface area contributed by atoms with Gasteiger partial charge < -0.3 is 10.3 Å². The summed E-state index contributed by atoms with van der Waals surface area (Å²) in [7, 11) is 0. The standard InChI is InChI=1S/C4H8N4O2S.Y/c1-4(5)8-6-2-3-7-11(9)10;/h2-3,8H,1,5H2,(H,9,10);/p-1/b6-2+,7-3-;. The second-order valence-electron chi connectivity index (χ2n) is 1.39. The van der Waals surface area contributed by atoms with E-state index in [0.29, 0.717) is 0 Å². The van der Waals surface area contributed by atoms with Crippen LogP contribution in [0.4, 0.5) is 0 Å². The predicted molar refractivity (Wildman–Crippen MR) is 42.4 cm³/mol. The smallest absolute Gasteiger partial charge is 0.109 e. The van der Waals surface area contributed by atoms with E-state index >= 15 is 0 Å². The minimum atomic E-state index is -2.43. The zero-order chi connectivity index (χ0) is 8.69. The third-order valence-electron chi connectivity index (χ3n) is 0.496. The van der Waals surface area contributed by atoms with Crippen LogP contribution >= 0.6 is 0 Å². The van der Waals surface area contributed by atoms with E-state index in [-0.39, 0.29) is 38.5 Å². The molecule has 8 heteroatoms. The van der Waals surface area contributed by atoms with Gasteiger partial charge in [0.15, 0.2) is 0 Å². The number of nitrogens with one attached hydrogen (secondary N) is 1. The Labute approximate surface area is 97.7 Å². The topological polar surface area (TPSA) is 103 Å². The van der Waals surface area contributed by atoms with Gasteiger partial charge in [-0.1, -0.05) is 6.58 Å². The van der Waals surface area contributed by atoms with Gasteiger partial charge in [0.05, 0.1) is 23.7 Å².